The van der Waals surface area contributed by atoms with Gasteiger partial charge in [-0.15, -0.1) is 11.8 Å². The Kier molecular flexibility index (Phi) is 3.05. The Morgan fingerprint density at radius 2 is 2.21 bits per heavy atom. The van der Waals surface area contributed by atoms with Crippen LogP contribution in [0, 0.1) is 11.3 Å². The van der Waals surface area contributed by atoms with Gasteiger partial charge in [-0.05, 0) is 25.0 Å². The van der Waals surface area contributed by atoms with Crippen molar-refractivity contribution in [1.29, 1.82) is 5.26 Å². The second-order valence-electron chi connectivity index (χ2n) is 3.49. The van der Waals surface area contributed by atoms with Gasteiger partial charge in [-0.1, -0.05) is 12.8 Å². The summed E-state index contributed by atoms with van der Waals surface area (Å²) in [6.45, 7) is 0. The van der Waals surface area contributed by atoms with E-state index >= 15 is 0 Å². The first kappa shape index (κ1) is 9.54. The Morgan fingerprint density at radius 1 is 1.43 bits per heavy atom. The van der Waals surface area contributed by atoms with Crippen LogP contribution in [0.2, 0.25) is 0 Å². The molecule has 1 aromatic rings. The highest BCUT2D eigenvalue weighted by Crippen LogP contribution is 2.34. The molecule has 3 heteroatoms. The number of nitrogens with zero attached hydrogens (tertiary/aromatic N) is 2. The Bertz CT molecular complexity index is 351. The summed E-state index contributed by atoms with van der Waals surface area (Å²) in [6.07, 6.45) is 6.95. The van der Waals surface area contributed by atoms with E-state index in [0.717, 1.165) is 5.03 Å². The SMILES string of the molecule is N#Cc1cccnc1SC1CCCC1. The Hall–Kier alpha value is -1.01. The van der Waals surface area contributed by atoms with Crippen molar-refractivity contribution >= 4 is 11.8 Å². The van der Waals surface area contributed by atoms with Crippen LogP contribution in [-0.2, 0) is 0 Å². The summed E-state index contributed by atoms with van der Waals surface area (Å²) in [5, 5.41) is 10.5. The Balaban J connectivity index is 2.11. The van der Waals surface area contributed by atoms with Crippen molar-refractivity contribution in [3.8, 4) is 6.07 Å². The number of rotatable bonds is 2. The molecule has 1 aliphatic rings. The molecule has 0 unspecified atom stereocenters. The van der Waals surface area contributed by atoms with E-state index in [1.165, 1.54) is 25.7 Å². The van der Waals surface area contributed by atoms with Gasteiger partial charge in [-0.3, -0.25) is 0 Å². The molecule has 0 spiro atoms. The van der Waals surface area contributed by atoms with E-state index in [0.29, 0.717) is 10.8 Å². The number of hydrogen-bond acceptors (Lipinski definition) is 3. The number of pyridine rings is 1. The lowest BCUT2D eigenvalue weighted by atomic mass is 10.3. The van der Waals surface area contributed by atoms with E-state index < -0.39 is 0 Å². The van der Waals surface area contributed by atoms with Crippen molar-refractivity contribution in [2.24, 2.45) is 0 Å². The van der Waals surface area contributed by atoms with Gasteiger partial charge >= 0.3 is 0 Å². The minimum absolute atomic E-state index is 0.678. The third kappa shape index (κ3) is 2.08. The number of hydrogen-bond donors (Lipinski definition) is 0. The van der Waals surface area contributed by atoms with Crippen LogP contribution in [-0.4, -0.2) is 10.2 Å². The van der Waals surface area contributed by atoms with E-state index in [1.54, 1.807) is 18.0 Å². The predicted octanol–water partition coefficient (Wildman–Crippen LogP) is 2.99. The molecule has 0 N–H and O–H groups in total. The fourth-order valence-corrected chi connectivity index (χ4v) is 2.98. The van der Waals surface area contributed by atoms with E-state index in [1.807, 2.05) is 12.1 Å². The molecule has 2 nitrogen and oxygen atoms in total. The van der Waals surface area contributed by atoms with Crippen LogP contribution in [0.4, 0.5) is 0 Å². The first-order valence-electron chi connectivity index (χ1n) is 4.92. The van der Waals surface area contributed by atoms with Gasteiger partial charge in [-0.25, -0.2) is 4.98 Å². The summed E-state index contributed by atoms with van der Waals surface area (Å²) >= 11 is 1.77. The first-order chi connectivity index (χ1) is 6.90. The molecule has 0 bridgehead atoms. The molecular weight excluding hydrogens is 192 g/mol. The van der Waals surface area contributed by atoms with Gasteiger partial charge in [0.1, 0.15) is 11.1 Å². The van der Waals surface area contributed by atoms with E-state index in [9.17, 15) is 0 Å². The van der Waals surface area contributed by atoms with Crippen LogP contribution >= 0.6 is 11.8 Å². The molecule has 72 valence electrons. The highest BCUT2D eigenvalue weighted by molar-refractivity contribution is 7.99. The Labute approximate surface area is 88.4 Å². The van der Waals surface area contributed by atoms with Crippen LogP contribution in [0.5, 0.6) is 0 Å². The molecule has 0 saturated heterocycles. The fourth-order valence-electron chi connectivity index (χ4n) is 1.73. The summed E-state index contributed by atoms with van der Waals surface area (Å²) in [5.74, 6) is 0. The molecule has 1 aliphatic carbocycles. The van der Waals surface area contributed by atoms with Crippen molar-refractivity contribution in [3.63, 3.8) is 0 Å². The van der Waals surface area contributed by atoms with E-state index in [2.05, 4.69) is 11.1 Å². The zero-order valence-corrected chi connectivity index (χ0v) is 8.76. The number of nitriles is 1. The average Bonchev–Trinajstić information content (AvgIpc) is 2.71. The predicted molar refractivity (Wildman–Crippen MR) is 57.1 cm³/mol. The summed E-state index contributed by atoms with van der Waals surface area (Å²) in [7, 11) is 0. The minimum Gasteiger partial charge on any atom is -0.249 e. The van der Waals surface area contributed by atoms with Crippen molar-refractivity contribution in [3.05, 3.63) is 23.9 Å². The largest absolute Gasteiger partial charge is 0.249 e. The highest BCUT2D eigenvalue weighted by atomic mass is 32.2. The molecule has 14 heavy (non-hydrogen) atoms. The molecule has 0 aliphatic heterocycles. The fraction of sp³-hybridized carbons (Fsp3) is 0.455. The van der Waals surface area contributed by atoms with Crippen molar-refractivity contribution in [2.75, 3.05) is 0 Å². The topological polar surface area (TPSA) is 36.7 Å². The molecule has 2 rings (SSSR count). The maximum atomic E-state index is 8.89. The zero-order chi connectivity index (χ0) is 9.80. The lowest BCUT2D eigenvalue weighted by Crippen LogP contribution is -1.96. The van der Waals surface area contributed by atoms with Gasteiger partial charge in [0.25, 0.3) is 0 Å². The third-order valence-electron chi connectivity index (χ3n) is 2.47. The molecule has 0 aromatic carbocycles. The van der Waals surface area contributed by atoms with Crippen molar-refractivity contribution < 1.29 is 0 Å². The first-order valence-corrected chi connectivity index (χ1v) is 5.80. The van der Waals surface area contributed by atoms with Crippen LogP contribution in [0.1, 0.15) is 31.2 Å². The molecular formula is C11H12N2S. The lowest BCUT2D eigenvalue weighted by Gasteiger charge is -2.07. The van der Waals surface area contributed by atoms with Gasteiger partial charge in [0.2, 0.25) is 0 Å². The van der Waals surface area contributed by atoms with Gasteiger partial charge < -0.3 is 0 Å². The second kappa shape index (κ2) is 4.47. The zero-order valence-electron chi connectivity index (χ0n) is 7.94. The lowest BCUT2D eigenvalue weighted by molar-refractivity contribution is 0.886. The standard InChI is InChI=1S/C11H12N2S/c12-8-9-4-3-7-13-11(9)14-10-5-1-2-6-10/h3-4,7,10H,1-2,5-6H2. The highest BCUT2D eigenvalue weighted by Gasteiger charge is 2.18. The van der Waals surface area contributed by atoms with E-state index in [-0.39, 0.29) is 0 Å². The monoisotopic (exact) mass is 204 g/mol. The van der Waals surface area contributed by atoms with Gasteiger partial charge in [-0.2, -0.15) is 5.26 Å². The van der Waals surface area contributed by atoms with Gasteiger partial charge in [0, 0.05) is 11.4 Å². The van der Waals surface area contributed by atoms with Crippen LogP contribution < -0.4 is 0 Å². The van der Waals surface area contributed by atoms with Crippen molar-refractivity contribution in [2.45, 2.75) is 36.0 Å². The summed E-state index contributed by atoms with van der Waals surface area (Å²) < 4.78 is 0. The molecule has 1 saturated carbocycles. The molecule has 0 amide bonds. The average molecular weight is 204 g/mol. The molecule has 1 fully saturated rings. The molecule has 0 radical (unpaired) electrons. The van der Waals surface area contributed by atoms with Crippen LogP contribution in [0.15, 0.2) is 23.4 Å². The van der Waals surface area contributed by atoms with E-state index in [4.69, 9.17) is 5.26 Å². The quantitative estimate of drug-likeness (QED) is 0.743. The number of aromatic nitrogens is 1. The normalized spacial score (nSPS) is 16.8. The van der Waals surface area contributed by atoms with Crippen molar-refractivity contribution in [1.82, 2.24) is 4.98 Å². The van der Waals surface area contributed by atoms with Crippen LogP contribution in [0.25, 0.3) is 0 Å². The summed E-state index contributed by atoms with van der Waals surface area (Å²) in [5.41, 5.74) is 0.712. The van der Waals surface area contributed by atoms with Crippen LogP contribution in [0.3, 0.4) is 0 Å². The summed E-state index contributed by atoms with van der Waals surface area (Å²) in [4.78, 5) is 4.25. The molecule has 1 heterocycles. The molecule has 1 aromatic heterocycles. The maximum absolute atomic E-state index is 8.89. The van der Waals surface area contributed by atoms with Gasteiger partial charge in [0.15, 0.2) is 0 Å². The minimum atomic E-state index is 0.678. The third-order valence-corrected chi connectivity index (χ3v) is 3.83. The maximum Gasteiger partial charge on any atom is 0.114 e. The summed E-state index contributed by atoms with van der Waals surface area (Å²) in [6, 6.07) is 5.84. The number of thioether (sulfide) groups is 1. The molecule has 0 atom stereocenters. The van der Waals surface area contributed by atoms with Gasteiger partial charge in [0.05, 0.1) is 5.56 Å². The Morgan fingerprint density at radius 3 is 2.93 bits per heavy atom. The second-order valence-corrected chi connectivity index (χ2v) is 4.78. The smallest absolute Gasteiger partial charge is 0.114 e.